The molecule has 6 heteroatoms. The molecule has 0 saturated carbocycles. The minimum Gasteiger partial charge on any atom is -0.496 e. The van der Waals surface area contributed by atoms with Crippen LogP contribution in [0.1, 0.15) is 49.8 Å². The molecule has 31 heavy (non-hydrogen) atoms. The predicted octanol–water partition coefficient (Wildman–Crippen LogP) is 4.26. The number of carbonyl (C=O) groups is 1. The number of piperidine rings is 1. The van der Waals surface area contributed by atoms with E-state index in [9.17, 15) is 4.79 Å². The fourth-order valence-corrected chi connectivity index (χ4v) is 4.61. The van der Waals surface area contributed by atoms with Crippen LogP contribution in [0.2, 0.25) is 0 Å². The quantitative estimate of drug-likeness (QED) is 0.700. The molecule has 0 bridgehead atoms. The second kappa shape index (κ2) is 9.52. The van der Waals surface area contributed by atoms with Gasteiger partial charge in [0.15, 0.2) is 0 Å². The number of nitrogens with zero attached hydrogens (tertiary/aromatic N) is 3. The molecule has 4 rings (SSSR count). The smallest absolute Gasteiger partial charge is 0.257 e. The lowest BCUT2D eigenvalue weighted by molar-refractivity contribution is -0.135. The molecule has 0 N–H and O–H groups in total. The average Bonchev–Trinajstić information content (AvgIpc) is 3.25. The Morgan fingerprint density at radius 2 is 1.74 bits per heavy atom. The monoisotopic (exact) mass is 421 g/mol. The van der Waals surface area contributed by atoms with Gasteiger partial charge in [0.2, 0.25) is 0 Å². The number of ether oxygens (including phenoxy) is 2. The van der Waals surface area contributed by atoms with E-state index in [4.69, 9.17) is 14.6 Å². The number of rotatable bonds is 6. The van der Waals surface area contributed by atoms with Gasteiger partial charge in [0.25, 0.3) is 5.91 Å². The van der Waals surface area contributed by atoms with Gasteiger partial charge in [-0.3, -0.25) is 9.69 Å². The molecule has 0 aromatic heterocycles. The van der Waals surface area contributed by atoms with Crippen LogP contribution in [0.3, 0.4) is 0 Å². The Hall–Kier alpha value is -2.86. The predicted molar refractivity (Wildman–Crippen MR) is 122 cm³/mol. The second-order valence-corrected chi connectivity index (χ2v) is 8.26. The highest BCUT2D eigenvalue weighted by molar-refractivity contribution is 6.05. The van der Waals surface area contributed by atoms with Gasteiger partial charge in [0.05, 0.1) is 32.5 Å². The van der Waals surface area contributed by atoms with E-state index in [1.807, 2.05) is 48.5 Å². The van der Waals surface area contributed by atoms with E-state index < -0.39 is 0 Å². The topological polar surface area (TPSA) is 54.4 Å². The van der Waals surface area contributed by atoms with Crippen LogP contribution in [-0.2, 0) is 4.79 Å². The van der Waals surface area contributed by atoms with Crippen LogP contribution in [0.25, 0.3) is 0 Å². The summed E-state index contributed by atoms with van der Waals surface area (Å²) in [5.74, 6) is 1.56. The molecule has 2 aliphatic rings. The fraction of sp³-hybridized carbons (Fsp3) is 0.440. The SMILES string of the molecule is COc1ccccc1C1=NN(C(=O)CN2CCCCC2C)C(c2ccccc2OC)C1. The summed E-state index contributed by atoms with van der Waals surface area (Å²) in [4.78, 5) is 15.8. The summed E-state index contributed by atoms with van der Waals surface area (Å²) in [7, 11) is 3.32. The molecule has 1 amide bonds. The molecule has 0 radical (unpaired) electrons. The highest BCUT2D eigenvalue weighted by Crippen LogP contribution is 2.38. The van der Waals surface area contributed by atoms with Crippen molar-refractivity contribution in [3.8, 4) is 11.5 Å². The molecular weight excluding hydrogens is 390 g/mol. The first-order valence-electron chi connectivity index (χ1n) is 11.0. The number of methoxy groups -OCH3 is 2. The molecular formula is C25H31N3O3. The van der Waals surface area contributed by atoms with E-state index in [0.717, 1.165) is 47.7 Å². The number of para-hydroxylation sites is 2. The maximum atomic E-state index is 13.5. The average molecular weight is 422 g/mol. The Balaban J connectivity index is 1.67. The second-order valence-electron chi connectivity index (χ2n) is 8.26. The zero-order valence-corrected chi connectivity index (χ0v) is 18.6. The van der Waals surface area contributed by atoms with E-state index in [-0.39, 0.29) is 11.9 Å². The number of benzene rings is 2. The lowest BCUT2D eigenvalue weighted by Crippen LogP contribution is -2.44. The molecule has 1 saturated heterocycles. The summed E-state index contributed by atoms with van der Waals surface area (Å²) in [6.45, 7) is 3.55. The standard InChI is InChI=1S/C25H31N3O3/c1-18-10-8-9-15-27(18)17-25(29)28-22(20-12-5-7-14-24(20)31-3)16-21(26-28)19-11-4-6-13-23(19)30-2/h4-7,11-14,18,22H,8-10,15-17H2,1-3H3. The molecule has 164 valence electrons. The van der Waals surface area contributed by atoms with Crippen molar-refractivity contribution in [3.05, 3.63) is 59.7 Å². The Bertz CT molecular complexity index is 959. The summed E-state index contributed by atoms with van der Waals surface area (Å²) in [6.07, 6.45) is 4.12. The van der Waals surface area contributed by atoms with Crippen molar-refractivity contribution in [2.24, 2.45) is 5.10 Å². The van der Waals surface area contributed by atoms with Crippen LogP contribution in [0, 0.1) is 0 Å². The summed E-state index contributed by atoms with van der Waals surface area (Å²) < 4.78 is 11.2. The number of hydrogen-bond donors (Lipinski definition) is 0. The molecule has 2 aliphatic heterocycles. The van der Waals surface area contributed by atoms with E-state index in [1.165, 1.54) is 6.42 Å². The molecule has 1 fully saturated rings. The van der Waals surface area contributed by atoms with Crippen LogP contribution in [0.15, 0.2) is 53.6 Å². The van der Waals surface area contributed by atoms with Crippen molar-refractivity contribution < 1.29 is 14.3 Å². The minimum absolute atomic E-state index is 0.0227. The number of amides is 1. The Morgan fingerprint density at radius 3 is 2.48 bits per heavy atom. The molecule has 0 aliphatic carbocycles. The molecule has 0 spiro atoms. The highest BCUT2D eigenvalue weighted by atomic mass is 16.5. The van der Waals surface area contributed by atoms with Gasteiger partial charge in [0.1, 0.15) is 11.5 Å². The van der Waals surface area contributed by atoms with Gasteiger partial charge in [-0.15, -0.1) is 0 Å². The number of carbonyl (C=O) groups excluding carboxylic acids is 1. The number of hydrazone groups is 1. The third-order valence-electron chi connectivity index (χ3n) is 6.36. The Labute approximate surface area is 184 Å². The van der Waals surface area contributed by atoms with Crippen molar-refractivity contribution >= 4 is 11.6 Å². The van der Waals surface area contributed by atoms with Gasteiger partial charge >= 0.3 is 0 Å². The van der Waals surface area contributed by atoms with Crippen molar-refractivity contribution in [3.63, 3.8) is 0 Å². The molecule has 2 aromatic rings. The molecule has 2 aromatic carbocycles. The minimum atomic E-state index is -0.205. The molecule has 6 nitrogen and oxygen atoms in total. The van der Waals surface area contributed by atoms with Gasteiger partial charge in [-0.25, -0.2) is 5.01 Å². The van der Waals surface area contributed by atoms with Gasteiger partial charge in [0, 0.05) is 23.6 Å². The first-order chi connectivity index (χ1) is 15.1. The number of likely N-dealkylation sites (tertiary alicyclic amines) is 1. The zero-order chi connectivity index (χ0) is 21.8. The third kappa shape index (κ3) is 4.44. The molecule has 2 unspecified atom stereocenters. The van der Waals surface area contributed by atoms with Crippen molar-refractivity contribution in [2.75, 3.05) is 27.3 Å². The van der Waals surface area contributed by atoms with E-state index in [1.54, 1.807) is 19.2 Å². The summed E-state index contributed by atoms with van der Waals surface area (Å²) in [6, 6.07) is 15.9. The summed E-state index contributed by atoms with van der Waals surface area (Å²) in [5, 5.41) is 6.50. The van der Waals surface area contributed by atoms with E-state index >= 15 is 0 Å². The fourth-order valence-electron chi connectivity index (χ4n) is 4.61. The maximum Gasteiger partial charge on any atom is 0.257 e. The number of hydrogen-bond acceptors (Lipinski definition) is 5. The molecule has 2 atom stereocenters. The Kier molecular flexibility index (Phi) is 6.56. The highest BCUT2D eigenvalue weighted by Gasteiger charge is 2.36. The van der Waals surface area contributed by atoms with Crippen LogP contribution < -0.4 is 9.47 Å². The van der Waals surface area contributed by atoms with Gasteiger partial charge in [-0.1, -0.05) is 36.8 Å². The van der Waals surface area contributed by atoms with Gasteiger partial charge < -0.3 is 9.47 Å². The van der Waals surface area contributed by atoms with Crippen LogP contribution in [0.5, 0.6) is 11.5 Å². The third-order valence-corrected chi connectivity index (χ3v) is 6.36. The van der Waals surface area contributed by atoms with E-state index in [0.29, 0.717) is 19.0 Å². The summed E-state index contributed by atoms with van der Waals surface area (Å²) in [5.41, 5.74) is 2.75. The maximum absolute atomic E-state index is 13.5. The van der Waals surface area contributed by atoms with Gasteiger partial charge in [-0.05, 0) is 44.5 Å². The Morgan fingerprint density at radius 1 is 1.03 bits per heavy atom. The van der Waals surface area contributed by atoms with Crippen molar-refractivity contribution in [2.45, 2.75) is 44.7 Å². The zero-order valence-electron chi connectivity index (χ0n) is 18.6. The largest absolute Gasteiger partial charge is 0.496 e. The lowest BCUT2D eigenvalue weighted by Gasteiger charge is -2.34. The normalized spacial score (nSPS) is 21.6. The van der Waals surface area contributed by atoms with Crippen LogP contribution in [0.4, 0.5) is 0 Å². The first kappa shape index (κ1) is 21.4. The first-order valence-corrected chi connectivity index (χ1v) is 11.0. The molecule has 2 heterocycles. The van der Waals surface area contributed by atoms with Crippen LogP contribution in [-0.4, -0.2) is 54.9 Å². The summed E-state index contributed by atoms with van der Waals surface area (Å²) >= 11 is 0. The van der Waals surface area contributed by atoms with Crippen molar-refractivity contribution in [1.82, 2.24) is 9.91 Å². The van der Waals surface area contributed by atoms with Crippen LogP contribution >= 0.6 is 0 Å². The lowest BCUT2D eigenvalue weighted by atomic mass is 9.97. The van der Waals surface area contributed by atoms with Gasteiger partial charge in [-0.2, -0.15) is 5.10 Å². The van der Waals surface area contributed by atoms with Crippen molar-refractivity contribution in [1.29, 1.82) is 0 Å². The van der Waals surface area contributed by atoms with E-state index in [2.05, 4.69) is 11.8 Å².